The van der Waals surface area contributed by atoms with Gasteiger partial charge >= 0.3 is 6.36 Å². The summed E-state index contributed by atoms with van der Waals surface area (Å²) < 4.78 is 48.4. The van der Waals surface area contributed by atoms with E-state index in [0.29, 0.717) is 22.9 Å². The zero-order chi connectivity index (χ0) is 20.7. The number of benzene rings is 1. The van der Waals surface area contributed by atoms with E-state index in [1.807, 2.05) is 6.20 Å². The molecule has 0 amide bonds. The summed E-state index contributed by atoms with van der Waals surface area (Å²) in [6.45, 7) is 0. The number of nitrogens with zero attached hydrogens (tertiary/aromatic N) is 3. The number of fused-ring (bicyclic) bond motifs is 1. The highest BCUT2D eigenvalue weighted by Gasteiger charge is 2.61. The Balaban J connectivity index is 1.84. The zero-order valence-electron chi connectivity index (χ0n) is 15.9. The van der Waals surface area contributed by atoms with Crippen LogP contribution in [0.1, 0.15) is 37.7 Å². The molecule has 29 heavy (non-hydrogen) atoms. The van der Waals surface area contributed by atoms with Crippen molar-refractivity contribution in [2.45, 2.75) is 44.2 Å². The van der Waals surface area contributed by atoms with Crippen LogP contribution in [0.2, 0.25) is 0 Å². The van der Waals surface area contributed by atoms with Gasteiger partial charge in [-0.3, -0.25) is 0 Å². The summed E-state index contributed by atoms with van der Waals surface area (Å²) in [5.74, 6) is 0.771. The van der Waals surface area contributed by atoms with Crippen molar-refractivity contribution in [2.24, 2.45) is 15.9 Å². The van der Waals surface area contributed by atoms with Crippen molar-refractivity contribution in [3.8, 4) is 5.75 Å². The smallest absolute Gasteiger partial charge is 0.406 e. The molecule has 1 aliphatic carbocycles. The Morgan fingerprint density at radius 1 is 1.10 bits per heavy atom. The van der Waals surface area contributed by atoms with Gasteiger partial charge < -0.3 is 15.2 Å². The van der Waals surface area contributed by atoms with Crippen molar-refractivity contribution in [1.82, 2.24) is 0 Å². The fourth-order valence-corrected chi connectivity index (χ4v) is 4.48. The first-order chi connectivity index (χ1) is 13.8. The first-order valence-electron chi connectivity index (χ1n) is 9.43. The maximum absolute atomic E-state index is 12.7. The van der Waals surface area contributed by atoms with Crippen molar-refractivity contribution < 1.29 is 27.1 Å². The molecule has 1 fully saturated rings. The topological polar surface area (TPSA) is 69.2 Å². The molecule has 2 heterocycles. The minimum absolute atomic E-state index is 0.0291. The Bertz CT molecular complexity index is 930. The molecule has 1 aromatic carbocycles. The maximum Gasteiger partial charge on any atom is 0.573 e. The number of halogens is 3. The Kier molecular flexibility index (Phi) is 4.74. The van der Waals surface area contributed by atoms with E-state index in [0.717, 1.165) is 32.1 Å². The predicted octanol–water partition coefficient (Wildman–Crippen LogP) is 4.15. The molecule has 0 radical (unpaired) electrons. The van der Waals surface area contributed by atoms with Crippen LogP contribution in [0.25, 0.3) is 0 Å². The lowest BCUT2D eigenvalue weighted by Crippen LogP contribution is -2.68. The van der Waals surface area contributed by atoms with Gasteiger partial charge in [0.05, 0.1) is 11.3 Å². The van der Waals surface area contributed by atoms with Gasteiger partial charge in [0.25, 0.3) is 11.7 Å². The van der Waals surface area contributed by atoms with Gasteiger partial charge in [-0.1, -0.05) is 22.7 Å². The van der Waals surface area contributed by atoms with E-state index in [2.05, 4.69) is 14.9 Å². The van der Waals surface area contributed by atoms with Crippen molar-refractivity contribution in [2.75, 3.05) is 7.11 Å². The average molecular weight is 407 g/mol. The van der Waals surface area contributed by atoms with Crippen molar-refractivity contribution in [1.29, 1.82) is 0 Å². The third kappa shape index (κ3) is 3.24. The first-order valence-corrected chi connectivity index (χ1v) is 9.43. The van der Waals surface area contributed by atoms with E-state index in [-0.39, 0.29) is 10.2 Å². The van der Waals surface area contributed by atoms with Crippen molar-refractivity contribution >= 4 is 11.7 Å². The molecule has 2 aliphatic heterocycles. The Morgan fingerprint density at radius 2 is 1.86 bits per heavy atom. The van der Waals surface area contributed by atoms with Crippen LogP contribution in [0.3, 0.4) is 0 Å². The Hall–Kier alpha value is -2.65. The lowest BCUT2D eigenvalue weighted by atomic mass is 9.86. The highest BCUT2D eigenvalue weighted by Crippen LogP contribution is 2.46. The molecule has 9 heteroatoms. The summed E-state index contributed by atoms with van der Waals surface area (Å²) in [4.78, 5) is 0. The molecule has 0 bridgehead atoms. The molecule has 0 spiro atoms. The molecule has 1 aromatic rings. The summed E-state index contributed by atoms with van der Waals surface area (Å²) in [7, 11) is 1.65. The van der Waals surface area contributed by atoms with Gasteiger partial charge in [-0.2, -0.15) is 4.48 Å². The van der Waals surface area contributed by atoms with E-state index < -0.39 is 12.1 Å². The van der Waals surface area contributed by atoms with E-state index in [9.17, 15) is 13.2 Å². The molecule has 4 rings (SSSR count). The van der Waals surface area contributed by atoms with E-state index in [1.165, 1.54) is 18.2 Å². The van der Waals surface area contributed by atoms with E-state index >= 15 is 0 Å². The number of alkyl halides is 3. The molecule has 154 valence electrons. The third-order valence-corrected chi connectivity index (χ3v) is 5.69. The third-order valence-electron chi connectivity index (χ3n) is 5.69. The van der Waals surface area contributed by atoms with Crippen molar-refractivity contribution in [3.63, 3.8) is 0 Å². The molecule has 6 nitrogen and oxygen atoms in total. The number of ether oxygens (including phenoxy) is 2. The van der Waals surface area contributed by atoms with Crippen LogP contribution < -0.4 is 10.5 Å². The number of amidine groups is 2. The van der Waals surface area contributed by atoms with Crippen LogP contribution in [0.4, 0.5) is 13.2 Å². The molecule has 0 saturated heterocycles. The van der Waals surface area contributed by atoms with Gasteiger partial charge in [0.15, 0.2) is 0 Å². The average Bonchev–Trinajstić information content (AvgIpc) is 3.07. The fourth-order valence-electron chi connectivity index (χ4n) is 4.48. The lowest BCUT2D eigenvalue weighted by molar-refractivity contribution is -0.796. The van der Waals surface area contributed by atoms with Crippen LogP contribution >= 0.6 is 0 Å². The second-order valence-electron chi connectivity index (χ2n) is 7.35. The molecule has 1 saturated carbocycles. The van der Waals surface area contributed by atoms with E-state index in [1.54, 1.807) is 25.3 Å². The summed E-state index contributed by atoms with van der Waals surface area (Å²) in [5.41, 5.74) is 6.46. The second kappa shape index (κ2) is 7.00. The highest BCUT2D eigenvalue weighted by molar-refractivity contribution is 6.08. The predicted molar refractivity (Wildman–Crippen MR) is 102 cm³/mol. The van der Waals surface area contributed by atoms with Gasteiger partial charge in [-0.15, -0.1) is 13.2 Å². The second-order valence-corrected chi connectivity index (χ2v) is 7.35. The van der Waals surface area contributed by atoms with Gasteiger partial charge in [0, 0.05) is 26.0 Å². The van der Waals surface area contributed by atoms with Crippen LogP contribution in [0.15, 0.2) is 58.5 Å². The summed E-state index contributed by atoms with van der Waals surface area (Å²) >= 11 is 0. The Labute approximate surface area is 166 Å². The Morgan fingerprint density at radius 3 is 2.55 bits per heavy atom. The van der Waals surface area contributed by atoms with Crippen LogP contribution in [0.5, 0.6) is 5.75 Å². The molecule has 1 atom stereocenters. The van der Waals surface area contributed by atoms with Crippen LogP contribution in [-0.2, 0) is 4.74 Å². The fraction of sp³-hybridized carbons (Fsp3) is 0.400. The summed E-state index contributed by atoms with van der Waals surface area (Å²) in [6.07, 6.45) is 5.09. The number of hydrogen-bond donors (Lipinski definition) is 1. The minimum Gasteiger partial charge on any atom is -0.406 e. The largest absolute Gasteiger partial charge is 0.573 e. The number of methoxy groups -OCH3 is 1. The normalized spacial score (nSPS) is 25.7. The standard InChI is InChI=1S/C20H22F3N4O2/c1-28-19(10-3-2-4-11-19)27-13-15(24)8-9-17(27)25-26-18(27)14-6-5-7-16(12-14)29-20(21,22)23/h5-9,12-13H,2-4,10-11,24H2,1H3/q+1. The molecule has 0 aromatic heterocycles. The molecule has 2 N–H and O–H groups in total. The monoisotopic (exact) mass is 407 g/mol. The number of nitrogens with two attached hydrogens (primary N) is 1. The number of rotatable bonds is 4. The van der Waals surface area contributed by atoms with Gasteiger partial charge in [-0.25, -0.2) is 0 Å². The molecule has 1 unspecified atom stereocenters. The lowest BCUT2D eigenvalue weighted by Gasteiger charge is -2.48. The zero-order valence-corrected chi connectivity index (χ0v) is 15.9. The summed E-state index contributed by atoms with van der Waals surface area (Å²) in [6, 6.07) is 5.76. The van der Waals surface area contributed by atoms with E-state index in [4.69, 9.17) is 10.5 Å². The molecule has 3 aliphatic rings. The summed E-state index contributed by atoms with van der Waals surface area (Å²) in [5, 5.41) is 8.71. The number of hydrogen-bond acceptors (Lipinski definition) is 5. The number of quaternary nitrogens is 1. The first kappa shape index (κ1) is 19.7. The van der Waals surface area contributed by atoms with Crippen LogP contribution in [-0.4, -0.2) is 35.4 Å². The maximum atomic E-state index is 12.7. The van der Waals surface area contributed by atoms with Gasteiger partial charge in [-0.05, 0) is 37.1 Å². The van der Waals surface area contributed by atoms with Gasteiger partial charge in [0.1, 0.15) is 11.9 Å². The highest BCUT2D eigenvalue weighted by atomic mass is 19.4. The SMILES string of the molecule is COC1([N+]23C=C(N)C=CC2=NN=C3c2cccc(OC(F)(F)F)c2)CCCCC1. The van der Waals surface area contributed by atoms with Gasteiger partial charge in [0.2, 0.25) is 5.72 Å². The number of allylic oxidation sites excluding steroid dienone is 1. The molecular weight excluding hydrogens is 385 g/mol. The minimum atomic E-state index is -4.78. The van der Waals surface area contributed by atoms with Crippen LogP contribution in [0, 0.1) is 0 Å². The van der Waals surface area contributed by atoms with Crippen molar-refractivity contribution in [3.05, 3.63) is 53.9 Å². The molecular formula is C20H22F3N4O2+. The quantitative estimate of drug-likeness (QED) is 0.763.